The molecule has 0 unspecified atom stereocenters. The van der Waals surface area contributed by atoms with Crippen molar-refractivity contribution in [2.75, 3.05) is 11.9 Å². The Bertz CT molecular complexity index is 393. The molecule has 0 saturated heterocycles. The van der Waals surface area contributed by atoms with Crippen molar-refractivity contribution < 1.29 is 13.9 Å². The molecule has 0 atom stereocenters. The molecule has 0 aliphatic rings. The molecule has 3 nitrogen and oxygen atoms in total. The summed E-state index contributed by atoms with van der Waals surface area (Å²) < 4.78 is 19.0. The zero-order valence-electron chi connectivity index (χ0n) is 11.0. The Kier molecular flexibility index (Phi) is 6.19. The highest BCUT2D eigenvalue weighted by Crippen LogP contribution is 2.21. The third-order valence-electron chi connectivity index (χ3n) is 2.51. The molecule has 1 aromatic carbocycles. The number of hydrogen-bond donors (Lipinski definition) is 1. The Labute approximate surface area is 107 Å². The Morgan fingerprint density at radius 3 is 2.72 bits per heavy atom. The largest absolute Gasteiger partial charge is 0.491 e. The van der Waals surface area contributed by atoms with Crippen molar-refractivity contribution in [3.05, 3.63) is 24.0 Å². The first-order valence-electron chi connectivity index (χ1n) is 6.33. The average molecular weight is 253 g/mol. The van der Waals surface area contributed by atoms with Crippen LogP contribution in [0, 0.1) is 5.82 Å². The normalized spacial score (nSPS) is 10.2. The Hall–Kier alpha value is -1.58. The Balaban J connectivity index is 2.44. The van der Waals surface area contributed by atoms with Gasteiger partial charge in [0, 0.05) is 18.7 Å². The number of anilines is 1. The molecule has 1 N–H and O–H groups in total. The van der Waals surface area contributed by atoms with Crippen LogP contribution in [0.3, 0.4) is 0 Å². The topological polar surface area (TPSA) is 38.3 Å². The average Bonchev–Trinajstić information content (AvgIpc) is 2.30. The second kappa shape index (κ2) is 7.69. The number of amides is 1. The van der Waals surface area contributed by atoms with E-state index in [1.165, 1.54) is 25.8 Å². The molecule has 0 aliphatic heterocycles. The number of ether oxygens (including phenoxy) is 1. The fraction of sp³-hybridized carbons (Fsp3) is 0.500. The molecule has 0 heterocycles. The number of benzene rings is 1. The molecule has 0 radical (unpaired) electrons. The highest BCUT2D eigenvalue weighted by atomic mass is 19.1. The van der Waals surface area contributed by atoms with Crippen LogP contribution >= 0.6 is 0 Å². The van der Waals surface area contributed by atoms with E-state index in [1.807, 2.05) is 0 Å². The summed E-state index contributed by atoms with van der Waals surface area (Å²) in [4.78, 5) is 10.8. The van der Waals surface area contributed by atoms with Gasteiger partial charge in [-0.15, -0.1) is 0 Å². The van der Waals surface area contributed by atoms with Crippen molar-refractivity contribution in [2.24, 2.45) is 0 Å². The van der Waals surface area contributed by atoms with E-state index < -0.39 is 5.82 Å². The zero-order valence-corrected chi connectivity index (χ0v) is 11.0. The summed E-state index contributed by atoms with van der Waals surface area (Å²) in [5.41, 5.74) is 0.443. The maximum absolute atomic E-state index is 13.6. The number of rotatable bonds is 7. The van der Waals surface area contributed by atoms with Crippen molar-refractivity contribution in [1.29, 1.82) is 0 Å². The number of carbonyl (C=O) groups excluding carboxylic acids is 1. The van der Waals surface area contributed by atoms with Crippen LogP contribution in [0.5, 0.6) is 5.75 Å². The minimum absolute atomic E-state index is 0.220. The highest BCUT2D eigenvalue weighted by Gasteiger charge is 2.05. The summed E-state index contributed by atoms with van der Waals surface area (Å²) in [7, 11) is 0. The van der Waals surface area contributed by atoms with Gasteiger partial charge >= 0.3 is 0 Å². The molecule has 0 aliphatic carbocycles. The van der Waals surface area contributed by atoms with E-state index in [9.17, 15) is 9.18 Å². The number of unbranched alkanes of at least 4 members (excludes halogenated alkanes) is 3. The standard InChI is InChI=1S/C14H20FNO2/c1-3-4-5-6-9-18-14-8-7-12(10-13(14)15)16-11(2)17/h7-8,10H,3-6,9H2,1-2H3,(H,16,17). The van der Waals surface area contributed by atoms with Gasteiger partial charge in [0.1, 0.15) is 0 Å². The fourth-order valence-corrected chi connectivity index (χ4v) is 1.61. The lowest BCUT2D eigenvalue weighted by molar-refractivity contribution is -0.114. The minimum Gasteiger partial charge on any atom is -0.491 e. The van der Waals surface area contributed by atoms with E-state index >= 15 is 0 Å². The van der Waals surface area contributed by atoms with Crippen LogP contribution < -0.4 is 10.1 Å². The van der Waals surface area contributed by atoms with Gasteiger partial charge in [-0.05, 0) is 18.6 Å². The van der Waals surface area contributed by atoms with Crippen LogP contribution in [0.4, 0.5) is 10.1 Å². The number of hydrogen-bond acceptors (Lipinski definition) is 2. The molecule has 1 amide bonds. The molecule has 18 heavy (non-hydrogen) atoms. The minimum atomic E-state index is -0.447. The van der Waals surface area contributed by atoms with Crippen LogP contribution in [-0.2, 0) is 4.79 Å². The van der Waals surface area contributed by atoms with Crippen molar-refractivity contribution in [2.45, 2.75) is 39.5 Å². The third-order valence-corrected chi connectivity index (χ3v) is 2.51. The number of halogens is 1. The van der Waals surface area contributed by atoms with Crippen molar-refractivity contribution in [3.63, 3.8) is 0 Å². The molecular formula is C14H20FNO2. The predicted octanol–water partition coefficient (Wildman–Crippen LogP) is 3.74. The molecule has 100 valence electrons. The molecule has 0 aromatic heterocycles. The molecule has 0 fully saturated rings. The van der Waals surface area contributed by atoms with E-state index in [1.54, 1.807) is 12.1 Å². The number of carbonyl (C=O) groups is 1. The first-order chi connectivity index (χ1) is 8.63. The lowest BCUT2D eigenvalue weighted by Gasteiger charge is -2.08. The second-order valence-corrected chi connectivity index (χ2v) is 4.24. The van der Waals surface area contributed by atoms with Gasteiger partial charge in [-0.3, -0.25) is 4.79 Å². The summed E-state index contributed by atoms with van der Waals surface area (Å²) in [6.45, 7) is 4.05. The van der Waals surface area contributed by atoms with Crippen LogP contribution in [0.15, 0.2) is 18.2 Å². The van der Waals surface area contributed by atoms with Crippen LogP contribution in [0.25, 0.3) is 0 Å². The zero-order chi connectivity index (χ0) is 13.4. The summed E-state index contributed by atoms with van der Waals surface area (Å²) >= 11 is 0. The van der Waals surface area contributed by atoms with Crippen molar-refractivity contribution in [3.8, 4) is 5.75 Å². The molecule has 4 heteroatoms. The Morgan fingerprint density at radius 1 is 1.33 bits per heavy atom. The summed E-state index contributed by atoms with van der Waals surface area (Å²) in [5, 5.41) is 2.52. The van der Waals surface area contributed by atoms with Gasteiger partial charge in [0.15, 0.2) is 11.6 Å². The molecule has 0 bridgehead atoms. The van der Waals surface area contributed by atoms with E-state index in [2.05, 4.69) is 12.2 Å². The van der Waals surface area contributed by atoms with Crippen molar-refractivity contribution >= 4 is 11.6 Å². The van der Waals surface area contributed by atoms with Gasteiger partial charge in [0.05, 0.1) is 6.61 Å². The predicted molar refractivity (Wildman–Crippen MR) is 70.3 cm³/mol. The van der Waals surface area contributed by atoms with Gasteiger partial charge in [-0.25, -0.2) is 4.39 Å². The summed E-state index contributed by atoms with van der Waals surface area (Å²) in [6.07, 6.45) is 4.37. The molecule has 0 saturated carbocycles. The van der Waals surface area contributed by atoms with Crippen LogP contribution in [-0.4, -0.2) is 12.5 Å². The quantitative estimate of drug-likeness (QED) is 0.752. The SMILES string of the molecule is CCCCCCOc1ccc(NC(C)=O)cc1F. The van der Waals surface area contributed by atoms with Gasteiger partial charge in [0.2, 0.25) is 5.91 Å². The molecule has 1 rings (SSSR count). The van der Waals surface area contributed by atoms with Gasteiger partial charge < -0.3 is 10.1 Å². The molecule has 1 aromatic rings. The monoisotopic (exact) mass is 253 g/mol. The van der Waals surface area contributed by atoms with Crippen LogP contribution in [0.2, 0.25) is 0 Å². The summed E-state index contributed by atoms with van der Waals surface area (Å²) in [5.74, 6) is -0.431. The third kappa shape index (κ3) is 5.17. The Morgan fingerprint density at radius 2 is 2.11 bits per heavy atom. The van der Waals surface area contributed by atoms with Gasteiger partial charge in [-0.1, -0.05) is 26.2 Å². The van der Waals surface area contributed by atoms with Crippen LogP contribution in [0.1, 0.15) is 39.5 Å². The lowest BCUT2D eigenvalue weighted by atomic mass is 10.2. The molecule has 0 spiro atoms. The van der Waals surface area contributed by atoms with Gasteiger partial charge in [0.25, 0.3) is 0 Å². The van der Waals surface area contributed by atoms with E-state index in [0.717, 1.165) is 12.8 Å². The van der Waals surface area contributed by atoms with E-state index in [0.29, 0.717) is 12.3 Å². The fourth-order valence-electron chi connectivity index (χ4n) is 1.61. The van der Waals surface area contributed by atoms with Gasteiger partial charge in [-0.2, -0.15) is 0 Å². The maximum Gasteiger partial charge on any atom is 0.221 e. The first-order valence-corrected chi connectivity index (χ1v) is 6.33. The van der Waals surface area contributed by atoms with E-state index in [-0.39, 0.29) is 11.7 Å². The smallest absolute Gasteiger partial charge is 0.221 e. The first kappa shape index (κ1) is 14.5. The van der Waals surface area contributed by atoms with Crippen molar-refractivity contribution in [1.82, 2.24) is 0 Å². The number of nitrogens with one attached hydrogen (secondary N) is 1. The maximum atomic E-state index is 13.6. The lowest BCUT2D eigenvalue weighted by Crippen LogP contribution is -2.06. The highest BCUT2D eigenvalue weighted by molar-refractivity contribution is 5.88. The molecular weight excluding hydrogens is 233 g/mol. The van der Waals surface area contributed by atoms with E-state index in [4.69, 9.17) is 4.74 Å². The second-order valence-electron chi connectivity index (χ2n) is 4.24. The summed E-state index contributed by atoms with van der Waals surface area (Å²) in [6, 6.07) is 4.44.